The van der Waals surface area contributed by atoms with Gasteiger partial charge in [0.1, 0.15) is 0 Å². The lowest BCUT2D eigenvalue weighted by Gasteiger charge is -2.35. The quantitative estimate of drug-likeness (QED) is 0.561. The summed E-state index contributed by atoms with van der Waals surface area (Å²) in [6, 6.07) is 0. The van der Waals surface area contributed by atoms with Gasteiger partial charge in [0.05, 0.1) is 0 Å². The summed E-state index contributed by atoms with van der Waals surface area (Å²) in [4.78, 5) is 0. The van der Waals surface area contributed by atoms with Crippen molar-refractivity contribution in [1.29, 1.82) is 0 Å². The average molecular weight is 240 g/mol. The van der Waals surface area contributed by atoms with E-state index in [9.17, 15) is 0 Å². The Balaban J connectivity index is 0.000000963. The third-order valence-electron chi connectivity index (χ3n) is 6.07. The van der Waals surface area contributed by atoms with Gasteiger partial charge in [-0.25, -0.2) is 0 Å². The minimum atomic E-state index is 0. The molecule has 0 nitrogen and oxygen atoms in total. The van der Waals surface area contributed by atoms with Crippen LogP contribution in [0.4, 0.5) is 0 Å². The molecule has 0 aromatic carbocycles. The molecule has 0 radical (unpaired) electrons. The van der Waals surface area contributed by atoms with Gasteiger partial charge >= 0.3 is 0 Å². The van der Waals surface area contributed by atoms with E-state index in [0.29, 0.717) is 10.8 Å². The molecule has 0 spiro atoms. The summed E-state index contributed by atoms with van der Waals surface area (Å²) in [5, 5.41) is 0. The van der Waals surface area contributed by atoms with E-state index < -0.39 is 0 Å². The molecule has 3 saturated carbocycles. The molecule has 3 aliphatic rings. The van der Waals surface area contributed by atoms with Gasteiger partial charge in [0.25, 0.3) is 0 Å². The van der Waals surface area contributed by atoms with Crippen molar-refractivity contribution in [2.45, 2.75) is 52.9 Å². The molecular formula is C15H24Cl-. The van der Waals surface area contributed by atoms with E-state index in [1.807, 2.05) is 0 Å². The van der Waals surface area contributed by atoms with Crippen molar-refractivity contribution in [2.75, 3.05) is 0 Å². The molecule has 0 amide bonds. The molecule has 0 aromatic rings. The molecule has 0 unspecified atom stereocenters. The summed E-state index contributed by atoms with van der Waals surface area (Å²) in [6.45, 7) is 12.0. The fraction of sp³-hybridized carbons (Fsp3) is 0.867. The van der Waals surface area contributed by atoms with E-state index in [1.165, 1.54) is 32.1 Å². The molecule has 16 heavy (non-hydrogen) atoms. The molecule has 4 atom stereocenters. The summed E-state index contributed by atoms with van der Waals surface area (Å²) in [5.74, 6) is 2.79. The average Bonchev–Trinajstić information content (AvgIpc) is 2.63. The molecule has 92 valence electrons. The second-order valence-electron chi connectivity index (χ2n) is 7.10. The topological polar surface area (TPSA) is 0 Å². The Morgan fingerprint density at radius 1 is 1.12 bits per heavy atom. The Bertz CT molecular complexity index is 317. The van der Waals surface area contributed by atoms with Gasteiger partial charge in [0, 0.05) is 0 Å². The molecule has 3 aliphatic carbocycles. The van der Waals surface area contributed by atoms with Crippen LogP contribution < -0.4 is 12.4 Å². The van der Waals surface area contributed by atoms with Crippen LogP contribution in [0.25, 0.3) is 0 Å². The molecular weight excluding hydrogens is 216 g/mol. The first kappa shape index (κ1) is 12.5. The number of halogens is 1. The zero-order valence-electron chi connectivity index (χ0n) is 10.9. The number of hydrogen-bond acceptors (Lipinski definition) is 0. The molecule has 0 aliphatic heterocycles. The van der Waals surface area contributed by atoms with Crippen LogP contribution in [0.5, 0.6) is 0 Å². The Morgan fingerprint density at radius 2 is 1.81 bits per heavy atom. The minimum Gasteiger partial charge on any atom is -1.00 e. The second kappa shape index (κ2) is 3.51. The van der Waals surface area contributed by atoms with Crippen molar-refractivity contribution < 1.29 is 12.4 Å². The van der Waals surface area contributed by atoms with E-state index in [4.69, 9.17) is 0 Å². The monoisotopic (exact) mass is 239 g/mol. The number of allylic oxidation sites excluding steroid dienone is 1. The Kier molecular flexibility index (Phi) is 2.74. The third kappa shape index (κ3) is 1.29. The van der Waals surface area contributed by atoms with Gasteiger partial charge in [-0.1, -0.05) is 39.3 Å². The molecule has 3 rings (SSSR count). The minimum absolute atomic E-state index is 0. The highest BCUT2D eigenvalue weighted by molar-refractivity contribution is 5.29. The first-order valence-electron chi connectivity index (χ1n) is 6.66. The molecule has 0 aromatic heterocycles. The Hall–Kier alpha value is 0.0300. The predicted octanol–water partition coefficient (Wildman–Crippen LogP) is 1.42. The van der Waals surface area contributed by atoms with E-state index in [2.05, 4.69) is 27.4 Å². The molecule has 4 bridgehead atoms. The van der Waals surface area contributed by atoms with Crippen LogP contribution in [0.15, 0.2) is 12.2 Å². The zero-order valence-corrected chi connectivity index (χ0v) is 11.6. The summed E-state index contributed by atoms with van der Waals surface area (Å²) < 4.78 is 0. The largest absolute Gasteiger partial charge is 1.00 e. The van der Waals surface area contributed by atoms with Crippen molar-refractivity contribution in [3.05, 3.63) is 12.2 Å². The summed E-state index contributed by atoms with van der Waals surface area (Å²) in [6.07, 6.45) is 7.18. The normalized spacial score (nSPS) is 48.7. The first-order chi connectivity index (χ1) is 6.97. The highest BCUT2D eigenvalue weighted by Gasteiger charge is 2.61. The smallest absolute Gasteiger partial charge is 0.00849 e. The van der Waals surface area contributed by atoms with E-state index in [-0.39, 0.29) is 12.4 Å². The van der Waals surface area contributed by atoms with E-state index in [1.54, 1.807) is 5.57 Å². The Morgan fingerprint density at radius 3 is 2.50 bits per heavy atom. The standard InChI is InChI=1S/C15H24.ClH/c1-10-11-6-7-12-13(11)14(2,3)8-5-9-15(10,12)4;/h11-13H,1,5-9H2,2-4H3;1H/p-1/t11-,12-,13-,15-;/m1./s1. The summed E-state index contributed by atoms with van der Waals surface area (Å²) in [5.41, 5.74) is 2.71. The van der Waals surface area contributed by atoms with Crippen LogP contribution in [0, 0.1) is 28.6 Å². The van der Waals surface area contributed by atoms with Crippen LogP contribution in [0.2, 0.25) is 0 Å². The van der Waals surface area contributed by atoms with Gasteiger partial charge in [-0.2, -0.15) is 0 Å². The first-order valence-corrected chi connectivity index (χ1v) is 6.66. The van der Waals surface area contributed by atoms with Crippen molar-refractivity contribution >= 4 is 0 Å². The highest BCUT2D eigenvalue weighted by atomic mass is 35.5. The lowest BCUT2D eigenvalue weighted by atomic mass is 9.69. The van der Waals surface area contributed by atoms with Crippen LogP contribution in [0.1, 0.15) is 52.9 Å². The van der Waals surface area contributed by atoms with Gasteiger partial charge in [0.15, 0.2) is 0 Å². The Labute approximate surface area is 106 Å². The molecule has 0 N–H and O–H groups in total. The summed E-state index contributed by atoms with van der Waals surface area (Å²) in [7, 11) is 0. The lowest BCUT2D eigenvalue weighted by molar-refractivity contribution is -0.00000397. The van der Waals surface area contributed by atoms with Crippen molar-refractivity contribution in [3.8, 4) is 0 Å². The maximum atomic E-state index is 4.46. The van der Waals surface area contributed by atoms with Crippen LogP contribution >= 0.6 is 0 Å². The van der Waals surface area contributed by atoms with Gasteiger partial charge in [-0.05, 0) is 54.3 Å². The molecule has 1 heteroatoms. The van der Waals surface area contributed by atoms with Crippen molar-refractivity contribution in [2.24, 2.45) is 28.6 Å². The van der Waals surface area contributed by atoms with E-state index in [0.717, 1.165) is 17.8 Å². The summed E-state index contributed by atoms with van der Waals surface area (Å²) >= 11 is 0. The lowest BCUT2D eigenvalue weighted by Crippen LogP contribution is -3.00. The van der Waals surface area contributed by atoms with Gasteiger partial charge < -0.3 is 12.4 Å². The fourth-order valence-corrected chi connectivity index (χ4v) is 5.28. The number of rotatable bonds is 0. The molecule has 3 fully saturated rings. The van der Waals surface area contributed by atoms with Gasteiger partial charge in [-0.15, -0.1) is 0 Å². The predicted molar refractivity (Wildman–Crippen MR) is 64.6 cm³/mol. The molecule has 0 heterocycles. The van der Waals surface area contributed by atoms with Crippen LogP contribution in [-0.2, 0) is 0 Å². The maximum Gasteiger partial charge on any atom is -0.00849 e. The van der Waals surface area contributed by atoms with Gasteiger partial charge in [-0.3, -0.25) is 0 Å². The second-order valence-corrected chi connectivity index (χ2v) is 7.10. The highest BCUT2D eigenvalue weighted by Crippen LogP contribution is 2.70. The van der Waals surface area contributed by atoms with Crippen molar-refractivity contribution in [1.82, 2.24) is 0 Å². The zero-order chi connectivity index (χ0) is 10.8. The van der Waals surface area contributed by atoms with Crippen molar-refractivity contribution in [3.63, 3.8) is 0 Å². The van der Waals surface area contributed by atoms with E-state index >= 15 is 0 Å². The molecule has 0 saturated heterocycles. The van der Waals surface area contributed by atoms with Crippen LogP contribution in [0.3, 0.4) is 0 Å². The van der Waals surface area contributed by atoms with Crippen LogP contribution in [-0.4, -0.2) is 0 Å². The third-order valence-corrected chi connectivity index (χ3v) is 6.07. The van der Waals surface area contributed by atoms with Gasteiger partial charge in [0.2, 0.25) is 0 Å². The maximum absolute atomic E-state index is 4.46. The number of hydrogen-bond donors (Lipinski definition) is 0. The fourth-order valence-electron chi connectivity index (χ4n) is 5.28. The SMILES string of the molecule is C=C1[C@H]2CC[C@@H]3[C@@H]2C(C)(C)CCC[C@]13C.[Cl-].